The maximum absolute atomic E-state index is 9.75. The summed E-state index contributed by atoms with van der Waals surface area (Å²) >= 11 is 0. The lowest BCUT2D eigenvalue weighted by Gasteiger charge is -2.46. The van der Waals surface area contributed by atoms with Gasteiger partial charge < -0.3 is 19.3 Å². The zero-order chi connectivity index (χ0) is 22.9. The van der Waals surface area contributed by atoms with E-state index in [9.17, 15) is 5.11 Å². The highest BCUT2D eigenvalue weighted by molar-refractivity contribution is 5.88. The van der Waals surface area contributed by atoms with Gasteiger partial charge in [0.25, 0.3) is 0 Å². The number of pyridine rings is 1. The number of ether oxygens (including phenoxy) is 1. The van der Waals surface area contributed by atoms with Crippen LogP contribution in [0.1, 0.15) is 25.0 Å². The number of benzene rings is 1. The van der Waals surface area contributed by atoms with Gasteiger partial charge in [-0.25, -0.2) is 4.98 Å². The number of aliphatic hydroxyl groups excluding tert-OH is 1. The number of anilines is 1. The van der Waals surface area contributed by atoms with Crippen LogP contribution in [0.3, 0.4) is 0 Å². The second-order valence-corrected chi connectivity index (χ2v) is 10.00. The third kappa shape index (κ3) is 4.62. The highest BCUT2D eigenvalue weighted by Crippen LogP contribution is 2.31. The first-order valence-corrected chi connectivity index (χ1v) is 12.5. The van der Waals surface area contributed by atoms with E-state index in [0.29, 0.717) is 24.4 Å². The minimum absolute atomic E-state index is 0.202. The summed E-state index contributed by atoms with van der Waals surface area (Å²) in [7, 11) is 0. The van der Waals surface area contributed by atoms with Crippen LogP contribution in [0.4, 0.5) is 5.82 Å². The minimum Gasteiger partial charge on any atom is -0.477 e. The van der Waals surface area contributed by atoms with Gasteiger partial charge in [0.2, 0.25) is 5.88 Å². The maximum atomic E-state index is 9.75. The van der Waals surface area contributed by atoms with Crippen LogP contribution < -0.4 is 9.64 Å². The molecule has 3 saturated heterocycles. The number of piperazine rings is 1. The highest BCUT2D eigenvalue weighted by Gasteiger charge is 2.34. The molecule has 3 atom stereocenters. The van der Waals surface area contributed by atoms with Crippen molar-refractivity contribution in [3.8, 4) is 5.88 Å². The zero-order valence-electron chi connectivity index (χ0n) is 19.6. The van der Waals surface area contributed by atoms with Crippen LogP contribution in [0.25, 0.3) is 11.0 Å². The molecule has 0 saturated carbocycles. The summed E-state index contributed by atoms with van der Waals surface area (Å²) in [5.41, 5.74) is 1.86. The molecule has 0 spiro atoms. The molecule has 0 radical (unpaired) electrons. The number of para-hydroxylation sites is 1. The van der Waals surface area contributed by atoms with E-state index in [1.165, 1.54) is 12.8 Å². The first-order chi connectivity index (χ1) is 16.7. The van der Waals surface area contributed by atoms with Crippen molar-refractivity contribution in [1.82, 2.24) is 19.9 Å². The molecule has 0 unspecified atom stereocenters. The third-order valence-electron chi connectivity index (χ3n) is 7.54. The van der Waals surface area contributed by atoms with Gasteiger partial charge in [-0.05, 0) is 37.5 Å². The van der Waals surface area contributed by atoms with Crippen molar-refractivity contribution in [2.45, 2.75) is 38.0 Å². The van der Waals surface area contributed by atoms with Gasteiger partial charge in [-0.15, -0.1) is 0 Å². The van der Waals surface area contributed by atoms with Crippen LogP contribution in [0.15, 0.2) is 47.0 Å². The number of rotatable bonds is 6. The first kappa shape index (κ1) is 21.8. The smallest absolute Gasteiger partial charge is 0.213 e. The Morgan fingerprint density at radius 2 is 1.91 bits per heavy atom. The van der Waals surface area contributed by atoms with E-state index in [1.54, 1.807) is 0 Å². The Kier molecular flexibility index (Phi) is 6.11. The molecule has 0 aliphatic carbocycles. The normalized spacial score (nSPS) is 26.1. The number of nitrogens with zero attached hydrogens (tertiary/aromatic N) is 5. The molecular formula is C26H33N5O3. The lowest BCUT2D eigenvalue weighted by atomic mass is 9.91. The largest absolute Gasteiger partial charge is 0.477 e. The Hall–Kier alpha value is -2.68. The Labute approximate surface area is 200 Å². The molecule has 0 bridgehead atoms. The molecule has 8 heteroatoms. The lowest BCUT2D eigenvalue weighted by molar-refractivity contribution is 0.0716. The molecule has 1 aromatic carbocycles. The van der Waals surface area contributed by atoms with Gasteiger partial charge in [0.1, 0.15) is 0 Å². The molecule has 0 amide bonds. The van der Waals surface area contributed by atoms with E-state index in [0.717, 1.165) is 74.7 Å². The van der Waals surface area contributed by atoms with Crippen molar-refractivity contribution in [3.05, 3.63) is 48.2 Å². The molecular weight excluding hydrogens is 430 g/mol. The zero-order valence-corrected chi connectivity index (χ0v) is 19.6. The van der Waals surface area contributed by atoms with Crippen LogP contribution in [0, 0.1) is 5.92 Å². The fraction of sp³-hybridized carbons (Fsp3) is 0.538. The fourth-order valence-electron chi connectivity index (χ4n) is 5.70. The van der Waals surface area contributed by atoms with Crippen LogP contribution in [-0.2, 0) is 6.54 Å². The number of hydrogen-bond donors (Lipinski definition) is 1. The topological polar surface area (TPSA) is 78.1 Å². The average molecular weight is 464 g/mol. The Morgan fingerprint density at radius 3 is 2.82 bits per heavy atom. The minimum atomic E-state index is -0.202. The van der Waals surface area contributed by atoms with Crippen molar-refractivity contribution in [1.29, 1.82) is 0 Å². The van der Waals surface area contributed by atoms with Crippen LogP contribution >= 0.6 is 0 Å². The van der Waals surface area contributed by atoms with Gasteiger partial charge in [0, 0.05) is 63.8 Å². The molecule has 6 rings (SSSR count). The monoisotopic (exact) mass is 463 g/mol. The van der Waals surface area contributed by atoms with E-state index in [2.05, 4.69) is 25.9 Å². The molecule has 3 aromatic rings. The second kappa shape index (κ2) is 9.52. The third-order valence-corrected chi connectivity index (χ3v) is 7.54. The van der Waals surface area contributed by atoms with Crippen LogP contribution in [0.2, 0.25) is 0 Å². The second-order valence-electron chi connectivity index (χ2n) is 10.00. The van der Waals surface area contributed by atoms with Gasteiger partial charge >= 0.3 is 0 Å². The summed E-state index contributed by atoms with van der Waals surface area (Å²) in [5.74, 6) is 2.21. The molecule has 2 aromatic heterocycles. The van der Waals surface area contributed by atoms with E-state index >= 15 is 0 Å². The number of likely N-dealkylation sites (tertiary alicyclic amines) is 1. The Morgan fingerprint density at radius 1 is 0.971 bits per heavy atom. The van der Waals surface area contributed by atoms with Crippen molar-refractivity contribution in [2.75, 3.05) is 50.8 Å². The molecule has 1 N–H and O–H groups in total. The van der Waals surface area contributed by atoms with Gasteiger partial charge in [-0.3, -0.25) is 9.80 Å². The van der Waals surface area contributed by atoms with Crippen molar-refractivity contribution >= 4 is 16.8 Å². The molecule has 3 aliphatic heterocycles. The van der Waals surface area contributed by atoms with E-state index in [1.807, 2.05) is 36.4 Å². The number of aromatic nitrogens is 2. The summed E-state index contributed by atoms with van der Waals surface area (Å²) in [6.45, 7) is 7.22. The van der Waals surface area contributed by atoms with Gasteiger partial charge in [-0.1, -0.05) is 23.4 Å². The SMILES string of the molecule is O[C@@H]1CCN(Cc2cccc(OC[C@@H]3CC[C@H]4CN(c5noc6ccccc56)CCN4C3)n2)C1. The number of β-amino-alcohol motifs (C(OH)–C–C–N with tert-alkyl or cyclic N) is 1. The number of hydrogen-bond acceptors (Lipinski definition) is 8. The van der Waals surface area contributed by atoms with Crippen molar-refractivity contribution < 1.29 is 14.4 Å². The molecule has 8 nitrogen and oxygen atoms in total. The molecule has 5 heterocycles. The maximum Gasteiger partial charge on any atom is 0.213 e. The summed E-state index contributed by atoms with van der Waals surface area (Å²) in [6.07, 6.45) is 2.99. The Balaban J connectivity index is 1.01. The number of aliphatic hydroxyl groups is 1. The standard InChI is InChI=1S/C26H33N5O3/c32-22-10-11-29(17-22)15-20-4-3-7-25(27-20)33-18-19-8-9-21-16-31(13-12-30(21)14-19)26-23-5-1-2-6-24(23)34-28-26/h1-7,19,21-22,32H,8-18H2/t19-,21+,22-/m1/s1. The quantitative estimate of drug-likeness (QED) is 0.598. The molecule has 3 aliphatic rings. The van der Waals surface area contributed by atoms with Crippen LogP contribution in [-0.4, -0.2) is 83.1 Å². The molecule has 34 heavy (non-hydrogen) atoms. The Bertz CT molecular complexity index is 1120. The van der Waals surface area contributed by atoms with Gasteiger partial charge in [0.15, 0.2) is 11.4 Å². The summed E-state index contributed by atoms with van der Waals surface area (Å²) in [5, 5.41) is 15.2. The van der Waals surface area contributed by atoms with Crippen molar-refractivity contribution in [3.63, 3.8) is 0 Å². The first-order valence-electron chi connectivity index (χ1n) is 12.5. The van der Waals surface area contributed by atoms with E-state index in [4.69, 9.17) is 14.2 Å². The highest BCUT2D eigenvalue weighted by atomic mass is 16.5. The van der Waals surface area contributed by atoms with E-state index < -0.39 is 0 Å². The van der Waals surface area contributed by atoms with E-state index in [-0.39, 0.29) is 6.10 Å². The average Bonchev–Trinajstić information content (AvgIpc) is 3.48. The predicted molar refractivity (Wildman–Crippen MR) is 130 cm³/mol. The predicted octanol–water partition coefficient (Wildman–Crippen LogP) is 2.77. The van der Waals surface area contributed by atoms with Crippen LogP contribution in [0.5, 0.6) is 5.88 Å². The van der Waals surface area contributed by atoms with Gasteiger partial charge in [-0.2, -0.15) is 0 Å². The number of fused-ring (bicyclic) bond motifs is 2. The summed E-state index contributed by atoms with van der Waals surface area (Å²) < 4.78 is 11.7. The number of piperidine rings is 1. The lowest BCUT2D eigenvalue weighted by Crippen LogP contribution is -2.57. The van der Waals surface area contributed by atoms with Crippen molar-refractivity contribution in [2.24, 2.45) is 5.92 Å². The summed E-state index contributed by atoms with van der Waals surface area (Å²) in [6, 6.07) is 14.7. The van der Waals surface area contributed by atoms with Gasteiger partial charge in [0.05, 0.1) is 23.8 Å². The summed E-state index contributed by atoms with van der Waals surface area (Å²) in [4.78, 5) is 12.0. The molecule has 3 fully saturated rings. The fourth-order valence-corrected chi connectivity index (χ4v) is 5.70. The molecule has 180 valence electrons.